The number of thiazole rings is 1. The first kappa shape index (κ1) is 18.3. The topological polar surface area (TPSA) is 64.1 Å². The molecular formula is C24H17N3O2S. The Hall–Kier alpha value is -3.77. The number of hydrogen-bond acceptors (Lipinski definition) is 6. The fraction of sp³-hybridized carbons (Fsp3) is 0.0417. The van der Waals surface area contributed by atoms with E-state index in [-0.39, 0.29) is 0 Å². The third kappa shape index (κ3) is 3.27. The predicted molar refractivity (Wildman–Crippen MR) is 122 cm³/mol. The van der Waals surface area contributed by atoms with Crippen molar-refractivity contribution in [3.8, 4) is 16.9 Å². The molecule has 0 atom stereocenters. The van der Waals surface area contributed by atoms with E-state index in [1.165, 1.54) is 0 Å². The molecule has 0 fully saturated rings. The highest BCUT2D eigenvalue weighted by Gasteiger charge is 2.10. The third-order valence-corrected chi connectivity index (χ3v) is 5.83. The van der Waals surface area contributed by atoms with Crippen LogP contribution in [0, 0.1) is 0 Å². The number of fused-ring (bicyclic) bond motifs is 2. The summed E-state index contributed by atoms with van der Waals surface area (Å²) >= 11 is 1.63. The van der Waals surface area contributed by atoms with Crippen LogP contribution in [0.15, 0.2) is 72.4 Å². The van der Waals surface area contributed by atoms with Gasteiger partial charge in [-0.1, -0.05) is 12.1 Å². The monoisotopic (exact) mass is 411 g/mol. The van der Waals surface area contributed by atoms with Gasteiger partial charge in [0.25, 0.3) is 0 Å². The quantitative estimate of drug-likeness (QED) is 0.355. The molecular weight excluding hydrogens is 394 g/mol. The van der Waals surface area contributed by atoms with Gasteiger partial charge in [0.1, 0.15) is 12.0 Å². The number of aromatic nitrogens is 2. The summed E-state index contributed by atoms with van der Waals surface area (Å²) in [6.07, 6.45) is 2.61. The Kier molecular flexibility index (Phi) is 4.61. The van der Waals surface area contributed by atoms with Crippen LogP contribution >= 0.6 is 11.3 Å². The number of rotatable bonds is 5. The van der Waals surface area contributed by atoms with Gasteiger partial charge in [-0.15, -0.1) is 11.3 Å². The van der Waals surface area contributed by atoms with Crippen LogP contribution in [-0.2, 0) is 0 Å². The van der Waals surface area contributed by atoms with E-state index in [4.69, 9.17) is 4.74 Å². The summed E-state index contributed by atoms with van der Waals surface area (Å²) in [5.41, 5.74) is 8.14. The number of aldehydes is 1. The highest BCUT2D eigenvalue weighted by atomic mass is 32.1. The van der Waals surface area contributed by atoms with Gasteiger partial charge in [-0.05, 0) is 54.1 Å². The lowest BCUT2D eigenvalue weighted by molar-refractivity contribution is 0.112. The summed E-state index contributed by atoms with van der Waals surface area (Å²) < 4.78 is 6.68. The van der Waals surface area contributed by atoms with Gasteiger partial charge < -0.3 is 10.1 Å². The average molecular weight is 411 g/mol. The van der Waals surface area contributed by atoms with Crippen molar-refractivity contribution in [1.82, 2.24) is 9.97 Å². The van der Waals surface area contributed by atoms with E-state index in [2.05, 4.69) is 33.5 Å². The molecule has 2 aromatic heterocycles. The third-order valence-electron chi connectivity index (χ3n) is 5.02. The summed E-state index contributed by atoms with van der Waals surface area (Å²) in [6, 6.07) is 19.7. The van der Waals surface area contributed by atoms with Gasteiger partial charge in [0, 0.05) is 34.1 Å². The minimum Gasteiger partial charge on any atom is -0.496 e. The van der Waals surface area contributed by atoms with E-state index in [0.29, 0.717) is 11.3 Å². The molecule has 1 N–H and O–H groups in total. The maximum atomic E-state index is 11.1. The van der Waals surface area contributed by atoms with E-state index in [9.17, 15) is 4.79 Å². The molecule has 5 aromatic rings. The van der Waals surface area contributed by atoms with Crippen LogP contribution in [0.5, 0.6) is 5.75 Å². The summed E-state index contributed by atoms with van der Waals surface area (Å²) in [6.45, 7) is 0. The summed E-state index contributed by atoms with van der Waals surface area (Å²) in [5.74, 6) is 0.659. The molecule has 2 heterocycles. The Morgan fingerprint density at radius 1 is 0.967 bits per heavy atom. The first-order chi connectivity index (χ1) is 14.7. The number of hydrogen-bond donors (Lipinski definition) is 1. The number of carbonyl (C=O) groups excluding carboxylic acids is 1. The Morgan fingerprint density at radius 2 is 1.90 bits per heavy atom. The fourth-order valence-electron chi connectivity index (χ4n) is 3.53. The van der Waals surface area contributed by atoms with Gasteiger partial charge in [-0.3, -0.25) is 9.78 Å². The molecule has 0 saturated carbocycles. The molecule has 3 aromatic carbocycles. The van der Waals surface area contributed by atoms with Crippen molar-refractivity contribution in [3.05, 3.63) is 77.9 Å². The standard InChI is InChI=1S/C24H17N3O2S/c1-29-23-10-15(13-28)2-5-18(23)16-3-6-20-19(11-16)21(8-9-25-20)27-17-4-7-24-22(12-17)26-14-30-24/h2-14H,1H3,(H,25,27). The molecule has 5 nitrogen and oxygen atoms in total. The van der Waals surface area contributed by atoms with Crippen LogP contribution < -0.4 is 10.1 Å². The molecule has 0 aliphatic carbocycles. The predicted octanol–water partition coefficient (Wildman–Crippen LogP) is 6.08. The second kappa shape index (κ2) is 7.57. The van der Waals surface area contributed by atoms with Crippen LogP contribution in [-0.4, -0.2) is 23.4 Å². The molecule has 0 aliphatic heterocycles. The molecule has 0 bridgehead atoms. The lowest BCUT2D eigenvalue weighted by Crippen LogP contribution is -1.94. The Labute approximate surface area is 177 Å². The maximum Gasteiger partial charge on any atom is 0.150 e. The molecule has 0 radical (unpaired) electrons. The number of nitrogens with zero attached hydrogens (tertiary/aromatic N) is 2. The van der Waals surface area contributed by atoms with Crippen LogP contribution in [0.2, 0.25) is 0 Å². The summed E-state index contributed by atoms with van der Waals surface area (Å²) in [5, 5.41) is 4.50. The first-order valence-electron chi connectivity index (χ1n) is 9.38. The summed E-state index contributed by atoms with van der Waals surface area (Å²) in [7, 11) is 1.61. The Morgan fingerprint density at radius 3 is 2.77 bits per heavy atom. The zero-order valence-corrected chi connectivity index (χ0v) is 16.9. The van der Waals surface area contributed by atoms with E-state index in [0.717, 1.165) is 49.9 Å². The molecule has 6 heteroatoms. The molecule has 30 heavy (non-hydrogen) atoms. The molecule has 0 amide bonds. The SMILES string of the molecule is COc1cc(C=O)ccc1-c1ccc2nccc(Nc3ccc4scnc4c3)c2c1. The van der Waals surface area contributed by atoms with Gasteiger partial charge in [-0.2, -0.15) is 0 Å². The molecule has 0 saturated heterocycles. The zero-order valence-electron chi connectivity index (χ0n) is 16.1. The number of ether oxygens (including phenoxy) is 1. The van der Waals surface area contributed by atoms with Crippen LogP contribution in [0.3, 0.4) is 0 Å². The highest BCUT2D eigenvalue weighted by molar-refractivity contribution is 7.16. The largest absolute Gasteiger partial charge is 0.496 e. The number of nitrogens with one attached hydrogen (secondary N) is 1. The minimum absolute atomic E-state index is 0.581. The van der Waals surface area contributed by atoms with Crippen molar-refractivity contribution in [2.24, 2.45) is 0 Å². The van der Waals surface area contributed by atoms with Crippen molar-refractivity contribution in [3.63, 3.8) is 0 Å². The van der Waals surface area contributed by atoms with Crippen molar-refractivity contribution in [2.45, 2.75) is 0 Å². The van der Waals surface area contributed by atoms with E-state index >= 15 is 0 Å². The van der Waals surface area contributed by atoms with Crippen molar-refractivity contribution >= 4 is 50.1 Å². The average Bonchev–Trinajstić information content (AvgIpc) is 3.26. The van der Waals surface area contributed by atoms with E-state index in [1.807, 2.05) is 35.8 Å². The molecule has 146 valence electrons. The van der Waals surface area contributed by atoms with E-state index in [1.54, 1.807) is 36.8 Å². The highest BCUT2D eigenvalue weighted by Crippen LogP contribution is 2.35. The Bertz CT molecular complexity index is 1390. The van der Waals surface area contributed by atoms with Gasteiger partial charge in [0.15, 0.2) is 0 Å². The number of benzene rings is 3. The second-order valence-corrected chi connectivity index (χ2v) is 7.71. The van der Waals surface area contributed by atoms with Crippen molar-refractivity contribution in [1.29, 1.82) is 0 Å². The lowest BCUT2D eigenvalue weighted by atomic mass is 10.00. The van der Waals surface area contributed by atoms with Crippen molar-refractivity contribution < 1.29 is 9.53 Å². The van der Waals surface area contributed by atoms with Gasteiger partial charge in [-0.25, -0.2) is 4.98 Å². The van der Waals surface area contributed by atoms with Crippen molar-refractivity contribution in [2.75, 3.05) is 12.4 Å². The first-order valence-corrected chi connectivity index (χ1v) is 10.3. The van der Waals surface area contributed by atoms with Gasteiger partial charge in [0.2, 0.25) is 0 Å². The van der Waals surface area contributed by atoms with Crippen LogP contribution in [0.4, 0.5) is 11.4 Å². The van der Waals surface area contributed by atoms with Crippen LogP contribution in [0.25, 0.3) is 32.2 Å². The molecule has 0 unspecified atom stereocenters. The summed E-state index contributed by atoms with van der Waals surface area (Å²) in [4.78, 5) is 20.0. The molecule has 5 rings (SSSR count). The van der Waals surface area contributed by atoms with Gasteiger partial charge in [0.05, 0.1) is 28.4 Å². The number of carbonyl (C=O) groups is 1. The smallest absolute Gasteiger partial charge is 0.150 e. The normalized spacial score (nSPS) is 11.0. The van der Waals surface area contributed by atoms with Gasteiger partial charge >= 0.3 is 0 Å². The minimum atomic E-state index is 0.581. The fourth-order valence-corrected chi connectivity index (χ4v) is 4.19. The lowest BCUT2D eigenvalue weighted by Gasteiger charge is -2.13. The number of pyridine rings is 1. The van der Waals surface area contributed by atoms with E-state index < -0.39 is 0 Å². The molecule has 0 spiro atoms. The second-order valence-electron chi connectivity index (χ2n) is 6.83. The molecule has 0 aliphatic rings. The number of anilines is 2. The Balaban J connectivity index is 1.59. The van der Waals surface area contributed by atoms with Crippen LogP contribution in [0.1, 0.15) is 10.4 Å². The zero-order chi connectivity index (χ0) is 20.5. The maximum absolute atomic E-state index is 11.1. The number of methoxy groups -OCH3 is 1.